The van der Waals surface area contributed by atoms with Crippen molar-refractivity contribution in [2.75, 3.05) is 12.4 Å². The number of carboxylic acid groups (broad SMARTS) is 1. The highest BCUT2D eigenvalue weighted by molar-refractivity contribution is 8.04. The molecule has 0 fully saturated rings. The Labute approximate surface area is 145 Å². The van der Waals surface area contributed by atoms with E-state index in [1.165, 1.54) is 0 Å². The first-order valence-electron chi connectivity index (χ1n) is 6.32. The van der Waals surface area contributed by atoms with Gasteiger partial charge in [-0.15, -0.1) is 0 Å². The Kier molecular flexibility index (Phi) is 6.17. The Bertz CT molecular complexity index is 936. The largest absolute Gasteiger partial charge is 0.512 e. The SMILES string of the molecule is CN(S(=O)(=O)c1ccc(NC(=O)/C=C/C(=O)O)cc1)S(=O)(=O)C(F)(F)F. The van der Waals surface area contributed by atoms with Crippen molar-refractivity contribution in [2.24, 2.45) is 0 Å². The molecular formula is C12H11F3N2O7S2. The zero-order valence-electron chi connectivity index (χ0n) is 12.8. The van der Waals surface area contributed by atoms with Crippen molar-refractivity contribution < 1.29 is 44.7 Å². The van der Waals surface area contributed by atoms with Gasteiger partial charge in [0, 0.05) is 24.9 Å². The molecule has 0 radical (unpaired) electrons. The maximum Gasteiger partial charge on any atom is 0.512 e. The number of amides is 1. The molecule has 9 nitrogen and oxygen atoms in total. The lowest BCUT2D eigenvalue weighted by Gasteiger charge is -2.18. The first-order chi connectivity index (χ1) is 11.7. The highest BCUT2D eigenvalue weighted by Crippen LogP contribution is 2.30. The quantitative estimate of drug-likeness (QED) is 0.652. The molecule has 1 aromatic rings. The van der Waals surface area contributed by atoms with Crippen LogP contribution in [0, 0.1) is 0 Å². The summed E-state index contributed by atoms with van der Waals surface area (Å²) in [5, 5.41) is 10.5. The van der Waals surface area contributed by atoms with Crippen LogP contribution in [0.25, 0.3) is 0 Å². The lowest BCUT2D eigenvalue weighted by Crippen LogP contribution is -2.41. The molecule has 1 aromatic carbocycles. The molecule has 2 N–H and O–H groups in total. The van der Waals surface area contributed by atoms with Gasteiger partial charge in [-0.05, 0) is 24.3 Å². The Morgan fingerprint density at radius 3 is 2.00 bits per heavy atom. The first-order valence-corrected chi connectivity index (χ1v) is 9.20. The number of hydrogen-bond donors (Lipinski definition) is 2. The van der Waals surface area contributed by atoms with Gasteiger partial charge in [-0.3, -0.25) is 4.79 Å². The van der Waals surface area contributed by atoms with Crippen LogP contribution in [-0.4, -0.2) is 50.1 Å². The number of aliphatic carboxylic acids is 1. The molecular weight excluding hydrogens is 405 g/mol. The second kappa shape index (κ2) is 7.43. The minimum absolute atomic E-state index is 0.00896. The average molecular weight is 416 g/mol. The van der Waals surface area contributed by atoms with E-state index in [1.54, 1.807) is 0 Å². The molecule has 0 saturated carbocycles. The number of benzene rings is 1. The van der Waals surface area contributed by atoms with Crippen molar-refractivity contribution in [3.8, 4) is 0 Å². The average Bonchev–Trinajstić information content (AvgIpc) is 2.51. The van der Waals surface area contributed by atoms with Gasteiger partial charge in [0.15, 0.2) is 0 Å². The molecule has 0 aliphatic carbocycles. The van der Waals surface area contributed by atoms with Crippen molar-refractivity contribution in [3.05, 3.63) is 36.4 Å². The summed E-state index contributed by atoms with van der Waals surface area (Å²) >= 11 is 0. The predicted molar refractivity (Wildman–Crippen MR) is 81.8 cm³/mol. The minimum atomic E-state index is -6.12. The lowest BCUT2D eigenvalue weighted by atomic mass is 10.3. The van der Waals surface area contributed by atoms with E-state index in [2.05, 4.69) is 5.32 Å². The lowest BCUT2D eigenvalue weighted by molar-refractivity contribution is -0.131. The molecule has 14 heteroatoms. The molecule has 0 unspecified atom stereocenters. The van der Waals surface area contributed by atoms with E-state index in [4.69, 9.17) is 5.11 Å². The number of alkyl halides is 3. The third-order valence-electron chi connectivity index (χ3n) is 2.77. The number of nitrogens with zero attached hydrogens (tertiary/aromatic N) is 1. The molecule has 0 aliphatic rings. The van der Waals surface area contributed by atoms with Gasteiger partial charge in [-0.2, -0.15) is 13.2 Å². The second-order valence-corrected chi connectivity index (χ2v) is 8.68. The molecule has 0 aliphatic heterocycles. The Morgan fingerprint density at radius 2 is 1.58 bits per heavy atom. The molecule has 0 spiro atoms. The Hall–Kier alpha value is -2.45. The summed E-state index contributed by atoms with van der Waals surface area (Å²) in [6.45, 7) is 0. The van der Waals surface area contributed by atoms with Crippen LogP contribution >= 0.6 is 0 Å². The zero-order valence-corrected chi connectivity index (χ0v) is 14.4. The fraction of sp³-hybridized carbons (Fsp3) is 0.167. The molecule has 0 aromatic heterocycles. The minimum Gasteiger partial charge on any atom is -0.478 e. The number of anilines is 1. The maximum absolute atomic E-state index is 12.5. The Balaban J connectivity index is 3.07. The van der Waals surface area contributed by atoms with Crippen molar-refractivity contribution in [3.63, 3.8) is 0 Å². The van der Waals surface area contributed by atoms with Crippen molar-refractivity contribution >= 4 is 37.6 Å². The molecule has 0 saturated heterocycles. The number of sulfonamides is 2. The number of rotatable bonds is 6. The summed E-state index contributed by atoms with van der Waals surface area (Å²) in [6.07, 6.45) is 1.22. The van der Waals surface area contributed by atoms with Gasteiger partial charge in [0.05, 0.1) is 4.90 Å². The normalized spacial score (nSPS) is 13.1. The van der Waals surface area contributed by atoms with Crippen LogP contribution in [0.1, 0.15) is 0 Å². The summed E-state index contributed by atoms with van der Waals surface area (Å²) in [6, 6.07) is 3.50. The smallest absolute Gasteiger partial charge is 0.478 e. The molecule has 1 rings (SSSR count). The van der Waals surface area contributed by atoms with Crippen LogP contribution in [0.5, 0.6) is 0 Å². The van der Waals surface area contributed by atoms with Gasteiger partial charge in [0.25, 0.3) is 10.0 Å². The molecule has 1 amide bonds. The van der Waals surface area contributed by atoms with E-state index in [0.29, 0.717) is 12.2 Å². The van der Waals surface area contributed by atoms with Crippen molar-refractivity contribution in [2.45, 2.75) is 10.4 Å². The number of halogens is 3. The van der Waals surface area contributed by atoms with Crippen molar-refractivity contribution in [1.29, 1.82) is 0 Å². The van der Waals surface area contributed by atoms with Gasteiger partial charge in [0.1, 0.15) is 0 Å². The first kappa shape index (κ1) is 21.6. The highest BCUT2D eigenvalue weighted by Gasteiger charge is 2.52. The fourth-order valence-corrected chi connectivity index (χ4v) is 4.08. The zero-order chi connectivity index (χ0) is 20.3. The van der Waals surface area contributed by atoms with E-state index >= 15 is 0 Å². The fourth-order valence-electron chi connectivity index (χ4n) is 1.46. The van der Waals surface area contributed by atoms with Crippen LogP contribution in [0.15, 0.2) is 41.3 Å². The van der Waals surface area contributed by atoms with Crippen molar-refractivity contribution in [1.82, 2.24) is 3.71 Å². The maximum atomic E-state index is 12.5. The molecule has 0 heterocycles. The molecule has 26 heavy (non-hydrogen) atoms. The van der Waals surface area contributed by atoms with E-state index in [0.717, 1.165) is 24.3 Å². The van der Waals surface area contributed by atoms with Crippen LogP contribution < -0.4 is 5.32 Å². The molecule has 0 bridgehead atoms. The van der Waals surface area contributed by atoms with E-state index < -0.39 is 46.0 Å². The van der Waals surface area contributed by atoms with Gasteiger partial charge in [-0.25, -0.2) is 21.6 Å². The number of hydrogen-bond acceptors (Lipinski definition) is 6. The van der Waals surface area contributed by atoms with E-state index in [1.807, 2.05) is 0 Å². The second-order valence-electron chi connectivity index (χ2n) is 4.52. The summed E-state index contributed by atoms with van der Waals surface area (Å²) in [7, 11) is -10.9. The Morgan fingerprint density at radius 1 is 1.08 bits per heavy atom. The van der Waals surface area contributed by atoms with Crippen LogP contribution in [0.2, 0.25) is 0 Å². The molecule has 144 valence electrons. The number of carbonyl (C=O) groups excluding carboxylic acids is 1. The summed E-state index contributed by atoms with van der Waals surface area (Å²) in [5.41, 5.74) is -5.82. The predicted octanol–water partition coefficient (Wildman–Crippen LogP) is 0.736. The highest BCUT2D eigenvalue weighted by atomic mass is 32.3. The molecule has 0 atom stereocenters. The van der Waals surface area contributed by atoms with Gasteiger partial charge >= 0.3 is 21.5 Å². The topological polar surface area (TPSA) is 138 Å². The number of carbonyl (C=O) groups is 2. The standard InChI is InChI=1S/C12H11F3N2O7S2/c1-17(26(23,24)12(13,14)15)25(21,22)9-4-2-8(3-5-9)16-10(18)6-7-11(19)20/h2-7H,1H3,(H,16,18)(H,19,20)/b7-6+. The van der Waals surface area contributed by atoms with Crippen LogP contribution in [-0.2, 0) is 29.6 Å². The van der Waals surface area contributed by atoms with E-state index in [-0.39, 0.29) is 12.7 Å². The van der Waals surface area contributed by atoms with E-state index in [9.17, 15) is 39.6 Å². The third kappa shape index (κ3) is 4.80. The number of nitrogens with one attached hydrogen (secondary N) is 1. The summed E-state index contributed by atoms with van der Waals surface area (Å²) in [4.78, 5) is 20.8. The summed E-state index contributed by atoms with van der Waals surface area (Å²) < 4.78 is 83.1. The van der Waals surface area contributed by atoms with Gasteiger partial charge in [-0.1, -0.05) is 3.71 Å². The van der Waals surface area contributed by atoms with Crippen LogP contribution in [0.4, 0.5) is 18.9 Å². The number of carboxylic acids is 1. The monoisotopic (exact) mass is 416 g/mol. The van der Waals surface area contributed by atoms with Gasteiger partial charge in [0.2, 0.25) is 5.91 Å². The summed E-state index contributed by atoms with van der Waals surface area (Å²) in [5.74, 6) is -2.24. The van der Waals surface area contributed by atoms with Gasteiger partial charge < -0.3 is 10.4 Å². The third-order valence-corrected chi connectivity index (χ3v) is 6.75. The van der Waals surface area contributed by atoms with Crippen LogP contribution in [0.3, 0.4) is 0 Å².